The molecule has 0 radical (unpaired) electrons. The first-order valence-electron chi connectivity index (χ1n) is 29.4. The topological polar surface area (TPSA) is 134 Å². The van der Waals surface area contributed by atoms with Crippen LogP contribution in [-0.4, -0.2) is 49.3 Å². The van der Waals surface area contributed by atoms with Crippen LogP contribution in [0, 0.1) is 0 Å². The highest BCUT2D eigenvalue weighted by atomic mass is 31.2. The largest absolute Gasteiger partial charge is 0.472 e. The minimum absolute atomic E-state index is 0.0478. The molecule has 0 spiro atoms. The summed E-state index contributed by atoms with van der Waals surface area (Å²) in [7, 11) is -4.40. The smallest absolute Gasteiger partial charge is 0.462 e. The van der Waals surface area contributed by atoms with Crippen LogP contribution in [0.4, 0.5) is 0 Å². The second kappa shape index (κ2) is 57.9. The van der Waals surface area contributed by atoms with Gasteiger partial charge in [0.1, 0.15) is 6.61 Å². The molecule has 0 rings (SSSR count). The Labute approximate surface area is 448 Å². The molecule has 0 aromatic carbocycles. The van der Waals surface area contributed by atoms with Gasteiger partial charge in [-0.2, -0.15) is 0 Å². The van der Waals surface area contributed by atoms with Gasteiger partial charge in [-0.3, -0.25) is 18.6 Å². The predicted molar refractivity (Wildman–Crippen MR) is 311 cm³/mol. The molecule has 0 aromatic heterocycles. The zero-order valence-corrected chi connectivity index (χ0v) is 47.5. The van der Waals surface area contributed by atoms with Crippen molar-refractivity contribution in [3.63, 3.8) is 0 Å². The molecule has 0 fully saturated rings. The Morgan fingerprint density at radius 2 is 0.712 bits per heavy atom. The number of ether oxygens (including phenoxy) is 2. The standard InChI is InChI=1S/C63H108NO8P/c1-3-5-7-9-11-13-15-17-19-21-23-25-26-27-28-29-30-31-32-33-34-36-38-40-42-44-46-48-50-52-54-56-63(66)72-61(60-71-73(67,68)70-58-57-64)59-69-62(65)55-53-51-49-47-45-43-41-39-37-35-24-22-20-18-16-14-12-10-8-6-4-2/h5-8,11-14,17-20,23-25,27-28,35,61H,3-4,9-10,15-16,21-22,26,29-34,36-60,64H2,1-2H3,(H,67,68)/b7-5-,8-6-,13-11-,14-12-,19-17-,20-18-,25-23-,28-27-,35-24-. The summed E-state index contributed by atoms with van der Waals surface area (Å²) >= 11 is 0. The van der Waals surface area contributed by atoms with Crippen LogP contribution in [0.15, 0.2) is 109 Å². The number of carbonyl (C=O) groups excluding carboxylic acids is 2. The highest BCUT2D eigenvalue weighted by molar-refractivity contribution is 7.47. The average Bonchev–Trinajstić information content (AvgIpc) is 3.38. The maximum atomic E-state index is 12.7. The van der Waals surface area contributed by atoms with E-state index in [1.165, 1.54) is 103 Å². The molecule has 0 bridgehead atoms. The molecule has 3 N–H and O–H groups in total. The maximum absolute atomic E-state index is 12.7. The summed E-state index contributed by atoms with van der Waals surface area (Å²) < 4.78 is 33.0. The molecule has 0 aliphatic heterocycles. The number of phosphoric acid groups is 1. The molecular formula is C63H108NO8P. The van der Waals surface area contributed by atoms with E-state index in [0.29, 0.717) is 6.42 Å². The van der Waals surface area contributed by atoms with Crippen LogP contribution in [0.1, 0.15) is 245 Å². The minimum atomic E-state index is -4.40. The fraction of sp³-hybridized carbons (Fsp3) is 0.683. The van der Waals surface area contributed by atoms with Gasteiger partial charge in [-0.15, -0.1) is 0 Å². The molecule has 9 nitrogen and oxygen atoms in total. The van der Waals surface area contributed by atoms with Gasteiger partial charge >= 0.3 is 19.8 Å². The molecule has 2 unspecified atom stereocenters. The quantitative estimate of drug-likeness (QED) is 0.0264. The van der Waals surface area contributed by atoms with Gasteiger partial charge in [0.05, 0.1) is 13.2 Å². The second-order valence-corrected chi connectivity index (χ2v) is 20.6. The molecular weight excluding hydrogens is 930 g/mol. The summed E-state index contributed by atoms with van der Waals surface area (Å²) in [6.07, 6.45) is 78.6. The van der Waals surface area contributed by atoms with Crippen molar-refractivity contribution >= 4 is 19.8 Å². The molecule has 418 valence electrons. The number of unbranched alkanes of at least 4 members (excludes halogenated alkanes) is 23. The molecule has 0 aromatic rings. The van der Waals surface area contributed by atoms with E-state index in [0.717, 1.165) is 109 Å². The van der Waals surface area contributed by atoms with Crippen LogP contribution in [-0.2, 0) is 32.7 Å². The average molecular weight is 1040 g/mol. The fourth-order valence-corrected chi connectivity index (χ4v) is 8.65. The highest BCUT2D eigenvalue weighted by Crippen LogP contribution is 2.43. The van der Waals surface area contributed by atoms with Crippen molar-refractivity contribution in [3.8, 4) is 0 Å². The van der Waals surface area contributed by atoms with Gasteiger partial charge in [0.15, 0.2) is 6.10 Å². The van der Waals surface area contributed by atoms with Crippen molar-refractivity contribution < 1.29 is 37.6 Å². The van der Waals surface area contributed by atoms with E-state index in [1.807, 2.05) is 0 Å². The van der Waals surface area contributed by atoms with Gasteiger partial charge in [-0.05, 0) is 96.3 Å². The Hall–Kier alpha value is -3.33. The first-order valence-corrected chi connectivity index (χ1v) is 30.9. The first-order chi connectivity index (χ1) is 35.8. The summed E-state index contributed by atoms with van der Waals surface area (Å²) in [6.45, 7) is 3.51. The molecule has 10 heteroatoms. The molecule has 0 heterocycles. The fourth-order valence-electron chi connectivity index (χ4n) is 7.89. The number of phosphoric ester groups is 1. The molecule has 2 atom stereocenters. The third-order valence-electron chi connectivity index (χ3n) is 12.2. The number of carbonyl (C=O) groups is 2. The molecule has 0 amide bonds. The van der Waals surface area contributed by atoms with Crippen molar-refractivity contribution in [1.82, 2.24) is 0 Å². The lowest BCUT2D eigenvalue weighted by Crippen LogP contribution is -2.29. The molecule has 0 aliphatic rings. The van der Waals surface area contributed by atoms with Crippen LogP contribution >= 0.6 is 7.82 Å². The summed E-state index contributed by atoms with van der Waals surface area (Å²) in [5, 5.41) is 0. The predicted octanol–water partition coefficient (Wildman–Crippen LogP) is 18.6. The molecule has 0 saturated carbocycles. The van der Waals surface area contributed by atoms with E-state index in [1.54, 1.807) is 0 Å². The lowest BCUT2D eigenvalue weighted by atomic mass is 10.0. The zero-order valence-electron chi connectivity index (χ0n) is 46.6. The SMILES string of the molecule is CC/C=C\C/C=C\C/C=C\C/C=C\C/C=C\CCCCCCCCCCCCCCCCCC(=O)OC(COC(=O)CCCCCCCCCC/C=C\C/C=C\C/C=C\C/C=C\CC)COP(=O)(O)OCCN. The van der Waals surface area contributed by atoms with Crippen LogP contribution < -0.4 is 5.73 Å². The summed E-state index contributed by atoms with van der Waals surface area (Å²) in [5.41, 5.74) is 5.38. The zero-order chi connectivity index (χ0) is 53.1. The van der Waals surface area contributed by atoms with Crippen LogP contribution in [0.5, 0.6) is 0 Å². The number of allylic oxidation sites excluding steroid dienone is 18. The lowest BCUT2D eigenvalue weighted by molar-refractivity contribution is -0.161. The van der Waals surface area contributed by atoms with Crippen molar-refractivity contribution in [1.29, 1.82) is 0 Å². The third kappa shape index (κ3) is 57.8. The van der Waals surface area contributed by atoms with E-state index < -0.39 is 32.5 Å². The first kappa shape index (κ1) is 69.7. The monoisotopic (exact) mass is 1040 g/mol. The van der Waals surface area contributed by atoms with E-state index >= 15 is 0 Å². The van der Waals surface area contributed by atoms with Crippen molar-refractivity contribution in [2.75, 3.05) is 26.4 Å². The normalized spacial score (nSPS) is 13.9. The number of rotatable bonds is 54. The maximum Gasteiger partial charge on any atom is 0.472 e. The summed E-state index contributed by atoms with van der Waals surface area (Å²) in [4.78, 5) is 35.2. The highest BCUT2D eigenvalue weighted by Gasteiger charge is 2.26. The molecule has 0 aliphatic carbocycles. The second-order valence-electron chi connectivity index (χ2n) is 19.1. The number of hydrogen-bond donors (Lipinski definition) is 2. The van der Waals surface area contributed by atoms with Gasteiger partial charge in [0, 0.05) is 19.4 Å². The van der Waals surface area contributed by atoms with Crippen molar-refractivity contribution in [2.45, 2.75) is 251 Å². The number of esters is 2. The van der Waals surface area contributed by atoms with Gasteiger partial charge in [0.25, 0.3) is 0 Å². The number of nitrogens with two attached hydrogens (primary N) is 1. The minimum Gasteiger partial charge on any atom is -0.462 e. The van der Waals surface area contributed by atoms with Gasteiger partial charge in [-0.25, -0.2) is 4.57 Å². The number of hydrogen-bond acceptors (Lipinski definition) is 8. The Balaban J connectivity index is 3.97. The summed E-state index contributed by atoms with van der Waals surface area (Å²) in [5.74, 6) is -0.838. The lowest BCUT2D eigenvalue weighted by Gasteiger charge is -2.19. The van der Waals surface area contributed by atoms with E-state index in [-0.39, 0.29) is 32.6 Å². The van der Waals surface area contributed by atoms with Crippen LogP contribution in [0.3, 0.4) is 0 Å². The van der Waals surface area contributed by atoms with Gasteiger partial charge < -0.3 is 20.1 Å². The van der Waals surface area contributed by atoms with Crippen molar-refractivity contribution in [3.05, 3.63) is 109 Å². The third-order valence-corrected chi connectivity index (χ3v) is 13.1. The molecule has 73 heavy (non-hydrogen) atoms. The Morgan fingerprint density at radius 1 is 0.411 bits per heavy atom. The van der Waals surface area contributed by atoms with E-state index in [9.17, 15) is 19.0 Å². The van der Waals surface area contributed by atoms with Crippen LogP contribution in [0.25, 0.3) is 0 Å². The Kier molecular flexibility index (Phi) is 55.3. The van der Waals surface area contributed by atoms with E-state index in [4.69, 9.17) is 24.3 Å². The van der Waals surface area contributed by atoms with Crippen molar-refractivity contribution in [2.24, 2.45) is 5.73 Å². The Bertz CT molecular complexity index is 1560. The van der Waals surface area contributed by atoms with E-state index in [2.05, 4.69) is 123 Å². The van der Waals surface area contributed by atoms with Crippen LogP contribution in [0.2, 0.25) is 0 Å². The van der Waals surface area contributed by atoms with Gasteiger partial charge in [0.2, 0.25) is 0 Å². The Morgan fingerprint density at radius 3 is 1.05 bits per heavy atom. The van der Waals surface area contributed by atoms with Gasteiger partial charge in [-0.1, -0.05) is 245 Å². The molecule has 0 saturated heterocycles. The summed E-state index contributed by atoms with van der Waals surface area (Å²) in [6, 6.07) is 0.